The van der Waals surface area contributed by atoms with Gasteiger partial charge in [-0.25, -0.2) is 14.5 Å². The van der Waals surface area contributed by atoms with Crippen molar-refractivity contribution in [2.24, 2.45) is 0 Å². The van der Waals surface area contributed by atoms with Crippen LogP contribution in [0.5, 0.6) is 11.5 Å². The van der Waals surface area contributed by atoms with Gasteiger partial charge in [-0.2, -0.15) is 5.10 Å². The van der Waals surface area contributed by atoms with Gasteiger partial charge in [-0.1, -0.05) is 0 Å². The molecule has 1 aliphatic rings. The lowest BCUT2D eigenvalue weighted by molar-refractivity contribution is 0.0516. The molecule has 4 rings (SSSR count). The maximum Gasteiger partial charge on any atom is 0.359 e. The third-order valence-electron chi connectivity index (χ3n) is 3.93. The summed E-state index contributed by atoms with van der Waals surface area (Å²) in [5.41, 5.74) is 2.50. The number of carbonyl (C=O) groups excluding carboxylic acids is 1. The predicted molar refractivity (Wildman–Crippen MR) is 99.2 cm³/mol. The first-order valence-corrected chi connectivity index (χ1v) is 9.50. The minimum absolute atomic E-state index is 0.215. The van der Waals surface area contributed by atoms with Crippen molar-refractivity contribution in [3.8, 4) is 27.9 Å². The smallest absolute Gasteiger partial charge is 0.359 e. The quantitative estimate of drug-likeness (QED) is 0.579. The van der Waals surface area contributed by atoms with Gasteiger partial charge in [-0.3, -0.25) is 0 Å². The van der Waals surface area contributed by atoms with E-state index in [1.165, 1.54) is 11.3 Å². The predicted octanol–water partition coefficient (Wildman–Crippen LogP) is 3.84. The van der Waals surface area contributed by atoms with Crippen LogP contribution in [-0.4, -0.2) is 34.5 Å². The highest BCUT2D eigenvalue weighted by atomic mass is 79.9. The highest BCUT2D eigenvalue weighted by molar-refractivity contribution is 9.10. The number of carbonyl (C=O) groups is 1. The molecule has 3 aromatic rings. The van der Waals surface area contributed by atoms with Crippen molar-refractivity contribution in [2.75, 3.05) is 13.7 Å². The molecule has 7 nitrogen and oxygen atoms in total. The Balaban J connectivity index is 1.96. The number of nitrogens with zero attached hydrogens (tertiary/aromatic N) is 3. The van der Waals surface area contributed by atoms with Gasteiger partial charge in [-0.05, 0) is 28.9 Å². The first kappa shape index (κ1) is 17.0. The third-order valence-corrected chi connectivity index (χ3v) is 5.30. The summed E-state index contributed by atoms with van der Waals surface area (Å²) in [7, 11) is 1.60. The second kappa shape index (κ2) is 6.73. The number of esters is 1. The lowest BCUT2D eigenvalue weighted by Crippen LogP contribution is -2.12. The first-order chi connectivity index (χ1) is 12.6. The Morgan fingerprint density at radius 3 is 3.00 bits per heavy atom. The SMILES string of the molecule is CCOC(=O)c1nn(-c2nccs2)c2c1COc1cc(OC)c(Br)cc1-2. The van der Waals surface area contributed by atoms with E-state index in [4.69, 9.17) is 14.2 Å². The first-order valence-electron chi connectivity index (χ1n) is 7.83. The molecule has 0 bridgehead atoms. The summed E-state index contributed by atoms with van der Waals surface area (Å²) in [6.07, 6.45) is 1.70. The second-order valence-electron chi connectivity index (χ2n) is 5.39. The van der Waals surface area contributed by atoms with E-state index in [1.807, 2.05) is 17.5 Å². The Hall–Kier alpha value is -2.39. The topological polar surface area (TPSA) is 75.5 Å². The van der Waals surface area contributed by atoms with Gasteiger partial charge in [0.2, 0.25) is 5.13 Å². The summed E-state index contributed by atoms with van der Waals surface area (Å²) in [5, 5.41) is 7.01. The molecule has 0 radical (unpaired) electrons. The molecule has 9 heteroatoms. The summed E-state index contributed by atoms with van der Waals surface area (Å²) in [6, 6.07) is 3.71. The van der Waals surface area contributed by atoms with E-state index in [2.05, 4.69) is 26.0 Å². The highest BCUT2D eigenvalue weighted by Crippen LogP contribution is 2.44. The van der Waals surface area contributed by atoms with E-state index in [9.17, 15) is 4.79 Å². The van der Waals surface area contributed by atoms with Crippen LogP contribution in [0.3, 0.4) is 0 Å². The minimum Gasteiger partial charge on any atom is -0.495 e. The Bertz CT molecular complexity index is 985. The van der Waals surface area contributed by atoms with E-state index < -0.39 is 5.97 Å². The standard InChI is InChI=1S/C17H14BrN3O4S/c1-3-24-16(22)14-10-8-25-12-7-13(23-2)11(18)6-9(12)15(10)21(20-14)17-19-4-5-26-17/h4-7H,3,8H2,1-2H3. The molecule has 0 aliphatic carbocycles. The molecule has 1 aromatic carbocycles. The molecule has 0 N–H and O–H groups in total. The summed E-state index contributed by atoms with van der Waals surface area (Å²) in [4.78, 5) is 16.7. The lowest BCUT2D eigenvalue weighted by atomic mass is 10.0. The molecule has 1 aliphatic heterocycles. The molecule has 0 atom stereocenters. The van der Waals surface area contributed by atoms with Crippen molar-refractivity contribution >= 4 is 33.2 Å². The van der Waals surface area contributed by atoms with E-state index in [0.29, 0.717) is 22.2 Å². The molecule has 0 unspecified atom stereocenters. The van der Waals surface area contributed by atoms with Gasteiger partial charge in [0.15, 0.2) is 5.69 Å². The van der Waals surface area contributed by atoms with Crippen molar-refractivity contribution in [3.05, 3.63) is 39.4 Å². The van der Waals surface area contributed by atoms with Crippen molar-refractivity contribution in [3.63, 3.8) is 0 Å². The number of rotatable bonds is 4. The van der Waals surface area contributed by atoms with Gasteiger partial charge >= 0.3 is 5.97 Å². The van der Waals surface area contributed by atoms with Crippen LogP contribution in [0.25, 0.3) is 16.4 Å². The van der Waals surface area contributed by atoms with Gasteiger partial charge in [0.1, 0.15) is 18.1 Å². The number of thiazole rings is 1. The Morgan fingerprint density at radius 2 is 2.31 bits per heavy atom. The third kappa shape index (κ3) is 2.67. The van der Waals surface area contributed by atoms with Crippen LogP contribution in [0.1, 0.15) is 23.0 Å². The fourth-order valence-corrected chi connectivity index (χ4v) is 3.93. The van der Waals surface area contributed by atoms with Crippen LogP contribution < -0.4 is 9.47 Å². The van der Waals surface area contributed by atoms with Gasteiger partial charge in [0.05, 0.1) is 29.4 Å². The zero-order chi connectivity index (χ0) is 18.3. The maximum atomic E-state index is 12.4. The largest absolute Gasteiger partial charge is 0.495 e. The molecule has 0 fully saturated rings. The highest BCUT2D eigenvalue weighted by Gasteiger charge is 2.32. The maximum absolute atomic E-state index is 12.4. The van der Waals surface area contributed by atoms with Crippen LogP contribution in [0.4, 0.5) is 0 Å². The van der Waals surface area contributed by atoms with E-state index >= 15 is 0 Å². The molecule has 0 saturated carbocycles. The Labute approximate surface area is 161 Å². The van der Waals surface area contributed by atoms with E-state index in [1.54, 1.807) is 24.9 Å². The fraction of sp³-hybridized carbons (Fsp3) is 0.235. The van der Waals surface area contributed by atoms with Crippen LogP contribution in [0.2, 0.25) is 0 Å². The van der Waals surface area contributed by atoms with Crippen molar-refractivity contribution in [2.45, 2.75) is 13.5 Å². The van der Waals surface area contributed by atoms with Crippen LogP contribution >= 0.6 is 27.3 Å². The average Bonchev–Trinajstić information content (AvgIpc) is 3.28. The summed E-state index contributed by atoms with van der Waals surface area (Å²) in [6.45, 7) is 2.25. The van der Waals surface area contributed by atoms with Crippen molar-refractivity contribution in [1.82, 2.24) is 14.8 Å². The van der Waals surface area contributed by atoms with Gasteiger partial charge in [0, 0.05) is 23.2 Å². The molecule has 3 heterocycles. The molecule has 0 saturated heterocycles. The van der Waals surface area contributed by atoms with Crippen molar-refractivity contribution in [1.29, 1.82) is 0 Å². The number of halogens is 1. The Morgan fingerprint density at radius 1 is 1.46 bits per heavy atom. The van der Waals surface area contributed by atoms with Crippen LogP contribution in [0, 0.1) is 0 Å². The second-order valence-corrected chi connectivity index (χ2v) is 7.12. The lowest BCUT2D eigenvalue weighted by Gasteiger charge is -2.20. The van der Waals surface area contributed by atoms with Gasteiger partial charge < -0.3 is 14.2 Å². The Kier molecular flexibility index (Phi) is 4.41. The number of hydrogen-bond acceptors (Lipinski definition) is 7. The molecule has 134 valence electrons. The van der Waals surface area contributed by atoms with Crippen LogP contribution in [0.15, 0.2) is 28.2 Å². The average molecular weight is 436 g/mol. The fourth-order valence-electron chi connectivity index (χ4n) is 2.83. The van der Waals surface area contributed by atoms with E-state index in [-0.39, 0.29) is 18.9 Å². The van der Waals surface area contributed by atoms with E-state index in [0.717, 1.165) is 15.7 Å². The van der Waals surface area contributed by atoms with Crippen molar-refractivity contribution < 1.29 is 19.0 Å². The molecule has 0 amide bonds. The molecular weight excluding hydrogens is 422 g/mol. The zero-order valence-electron chi connectivity index (χ0n) is 14.0. The number of fused-ring (bicyclic) bond motifs is 3. The monoisotopic (exact) mass is 435 g/mol. The number of hydrogen-bond donors (Lipinski definition) is 0. The van der Waals surface area contributed by atoms with Gasteiger partial charge in [-0.15, -0.1) is 11.3 Å². The molecule has 2 aromatic heterocycles. The van der Waals surface area contributed by atoms with Gasteiger partial charge in [0.25, 0.3) is 0 Å². The number of aromatic nitrogens is 3. The number of benzene rings is 1. The molecule has 26 heavy (non-hydrogen) atoms. The normalized spacial score (nSPS) is 12.1. The molecule has 0 spiro atoms. The molecular formula is C17H14BrN3O4S. The number of methoxy groups -OCH3 is 1. The van der Waals surface area contributed by atoms with Crippen LogP contribution in [-0.2, 0) is 11.3 Å². The number of ether oxygens (including phenoxy) is 3. The summed E-state index contributed by atoms with van der Waals surface area (Å²) < 4.78 is 18.8. The summed E-state index contributed by atoms with van der Waals surface area (Å²) >= 11 is 4.94. The summed E-state index contributed by atoms with van der Waals surface area (Å²) in [5.74, 6) is 0.850. The minimum atomic E-state index is -0.473. The zero-order valence-corrected chi connectivity index (χ0v) is 16.4.